The molecule has 0 aliphatic carbocycles. The van der Waals surface area contributed by atoms with Crippen LogP contribution in [0, 0.1) is 6.92 Å². The molecule has 0 saturated heterocycles. The van der Waals surface area contributed by atoms with Gasteiger partial charge in [0, 0.05) is 0 Å². The summed E-state index contributed by atoms with van der Waals surface area (Å²) in [7, 11) is -1.59. The van der Waals surface area contributed by atoms with Crippen molar-refractivity contribution in [3.05, 3.63) is 29.3 Å². The van der Waals surface area contributed by atoms with E-state index in [1.807, 2.05) is 25.1 Å². The highest BCUT2D eigenvalue weighted by Crippen LogP contribution is 2.20. The third kappa shape index (κ3) is 4.06. The monoisotopic (exact) mass is 238 g/mol. The van der Waals surface area contributed by atoms with Gasteiger partial charge in [0.25, 0.3) is 0 Å². The Balaban J connectivity index is 2.87. The van der Waals surface area contributed by atoms with Crippen LogP contribution in [0.3, 0.4) is 0 Å². The second-order valence-electron chi connectivity index (χ2n) is 4.87. The quantitative estimate of drug-likeness (QED) is 0.820. The lowest BCUT2D eigenvalue weighted by molar-refractivity contribution is -0.136. The lowest BCUT2D eigenvalue weighted by atomic mass is 10.1. The smallest absolute Gasteiger partial charge is 0.307 e. The van der Waals surface area contributed by atoms with Crippen LogP contribution in [-0.2, 0) is 11.2 Å². The van der Waals surface area contributed by atoms with Gasteiger partial charge in [0.2, 0.25) is 8.32 Å². The number of carboxylic acids is 1. The zero-order valence-electron chi connectivity index (χ0n) is 10.2. The van der Waals surface area contributed by atoms with E-state index in [1.54, 1.807) is 0 Å². The SMILES string of the molecule is Cc1cc(O[Si](C)(C)C)ccc1CC(=O)O. The Labute approximate surface area is 97.2 Å². The summed E-state index contributed by atoms with van der Waals surface area (Å²) in [6.07, 6.45) is 0.0685. The lowest BCUT2D eigenvalue weighted by Gasteiger charge is -2.20. The van der Waals surface area contributed by atoms with Gasteiger partial charge in [0.05, 0.1) is 6.42 Å². The van der Waals surface area contributed by atoms with Crippen molar-refractivity contribution in [3.63, 3.8) is 0 Å². The van der Waals surface area contributed by atoms with E-state index in [2.05, 4.69) is 19.6 Å². The van der Waals surface area contributed by atoms with Crippen molar-refractivity contribution in [2.45, 2.75) is 33.0 Å². The van der Waals surface area contributed by atoms with E-state index in [1.165, 1.54) is 0 Å². The van der Waals surface area contributed by atoms with Crippen LogP contribution in [0.1, 0.15) is 11.1 Å². The molecule has 0 unspecified atom stereocenters. The molecule has 0 fully saturated rings. The van der Waals surface area contributed by atoms with E-state index >= 15 is 0 Å². The highest BCUT2D eigenvalue weighted by molar-refractivity contribution is 6.70. The molecule has 0 atom stereocenters. The first-order valence-electron chi connectivity index (χ1n) is 5.28. The van der Waals surface area contributed by atoms with Crippen molar-refractivity contribution in [1.82, 2.24) is 0 Å². The number of hydrogen-bond donors (Lipinski definition) is 1. The minimum Gasteiger partial charge on any atom is -0.544 e. The van der Waals surface area contributed by atoms with Crippen LogP contribution in [0.5, 0.6) is 5.75 Å². The van der Waals surface area contributed by atoms with Gasteiger partial charge in [-0.1, -0.05) is 6.07 Å². The van der Waals surface area contributed by atoms with Gasteiger partial charge in [-0.15, -0.1) is 0 Å². The highest BCUT2D eigenvalue weighted by atomic mass is 28.4. The van der Waals surface area contributed by atoms with Gasteiger partial charge in [0.1, 0.15) is 5.75 Å². The van der Waals surface area contributed by atoms with Crippen molar-refractivity contribution in [3.8, 4) is 5.75 Å². The van der Waals surface area contributed by atoms with Crippen molar-refractivity contribution in [2.75, 3.05) is 0 Å². The molecular formula is C12H18O3Si. The molecule has 0 spiro atoms. The number of benzene rings is 1. The van der Waals surface area contributed by atoms with Crippen LogP contribution < -0.4 is 4.43 Å². The maximum atomic E-state index is 10.6. The van der Waals surface area contributed by atoms with E-state index in [0.717, 1.165) is 16.9 Å². The molecule has 0 saturated carbocycles. The van der Waals surface area contributed by atoms with E-state index < -0.39 is 14.3 Å². The molecule has 0 radical (unpaired) electrons. The summed E-state index contributed by atoms with van der Waals surface area (Å²) in [5, 5.41) is 8.72. The Morgan fingerprint density at radius 2 is 2.00 bits per heavy atom. The second-order valence-corrected chi connectivity index (χ2v) is 9.30. The molecule has 0 aliphatic heterocycles. The van der Waals surface area contributed by atoms with Gasteiger partial charge < -0.3 is 9.53 Å². The van der Waals surface area contributed by atoms with Gasteiger partial charge in [-0.2, -0.15) is 0 Å². The first kappa shape index (κ1) is 12.8. The molecular weight excluding hydrogens is 220 g/mol. The molecule has 0 aromatic heterocycles. The lowest BCUT2D eigenvalue weighted by Crippen LogP contribution is -2.29. The molecule has 16 heavy (non-hydrogen) atoms. The fraction of sp³-hybridized carbons (Fsp3) is 0.417. The third-order valence-corrected chi connectivity index (χ3v) is 2.93. The maximum Gasteiger partial charge on any atom is 0.307 e. The van der Waals surface area contributed by atoms with Gasteiger partial charge in [-0.25, -0.2) is 0 Å². The Morgan fingerprint density at radius 3 is 2.44 bits per heavy atom. The van der Waals surface area contributed by atoms with Crippen LogP contribution in [0.25, 0.3) is 0 Å². The molecule has 88 valence electrons. The zero-order chi connectivity index (χ0) is 12.3. The molecule has 3 nitrogen and oxygen atoms in total. The Hall–Kier alpha value is -1.29. The number of carbonyl (C=O) groups is 1. The molecule has 0 amide bonds. The van der Waals surface area contributed by atoms with E-state index in [0.29, 0.717) is 0 Å². The van der Waals surface area contributed by atoms with Crippen LogP contribution in [0.4, 0.5) is 0 Å². The molecule has 1 N–H and O–H groups in total. The zero-order valence-corrected chi connectivity index (χ0v) is 11.2. The van der Waals surface area contributed by atoms with Gasteiger partial charge in [0.15, 0.2) is 0 Å². The van der Waals surface area contributed by atoms with E-state index in [-0.39, 0.29) is 6.42 Å². The number of aliphatic carboxylic acids is 1. The number of hydrogen-bond acceptors (Lipinski definition) is 2. The molecule has 1 aromatic rings. The predicted molar refractivity (Wildman–Crippen MR) is 66.5 cm³/mol. The van der Waals surface area contributed by atoms with Crippen molar-refractivity contribution < 1.29 is 14.3 Å². The Morgan fingerprint density at radius 1 is 1.38 bits per heavy atom. The second kappa shape index (κ2) is 4.70. The summed E-state index contributed by atoms with van der Waals surface area (Å²) in [6, 6.07) is 5.60. The molecule has 4 heteroatoms. The minimum atomic E-state index is -1.59. The van der Waals surface area contributed by atoms with E-state index in [4.69, 9.17) is 9.53 Å². The summed E-state index contributed by atoms with van der Waals surface area (Å²) in [4.78, 5) is 10.6. The molecule has 0 heterocycles. The van der Waals surface area contributed by atoms with Crippen molar-refractivity contribution in [1.29, 1.82) is 0 Å². The van der Waals surface area contributed by atoms with Crippen LogP contribution in [0.2, 0.25) is 19.6 Å². The molecule has 0 bridgehead atoms. The fourth-order valence-electron chi connectivity index (χ4n) is 1.45. The number of rotatable bonds is 4. The van der Waals surface area contributed by atoms with Crippen molar-refractivity contribution in [2.24, 2.45) is 0 Å². The summed E-state index contributed by atoms with van der Waals surface area (Å²) in [5.41, 5.74) is 1.81. The average molecular weight is 238 g/mol. The number of carboxylic acid groups (broad SMARTS) is 1. The van der Waals surface area contributed by atoms with Crippen LogP contribution in [0.15, 0.2) is 18.2 Å². The fourth-order valence-corrected chi connectivity index (χ4v) is 2.28. The van der Waals surface area contributed by atoms with E-state index in [9.17, 15) is 4.79 Å². The summed E-state index contributed by atoms with van der Waals surface area (Å²) in [5.74, 6) is 0.0350. The first-order valence-corrected chi connectivity index (χ1v) is 8.69. The normalized spacial score (nSPS) is 11.2. The maximum absolute atomic E-state index is 10.6. The first-order chi connectivity index (χ1) is 7.28. The Kier molecular flexibility index (Phi) is 3.75. The van der Waals surface area contributed by atoms with Crippen LogP contribution in [-0.4, -0.2) is 19.4 Å². The van der Waals surface area contributed by atoms with Crippen LogP contribution >= 0.6 is 0 Å². The average Bonchev–Trinajstić information content (AvgIpc) is 2.06. The van der Waals surface area contributed by atoms with Gasteiger partial charge in [-0.3, -0.25) is 4.79 Å². The molecule has 0 aliphatic rings. The van der Waals surface area contributed by atoms with Crippen molar-refractivity contribution >= 4 is 14.3 Å². The molecule has 1 aromatic carbocycles. The Bertz CT molecular complexity index is 394. The minimum absolute atomic E-state index is 0.0685. The molecule has 1 rings (SSSR count). The largest absolute Gasteiger partial charge is 0.544 e. The summed E-state index contributed by atoms with van der Waals surface area (Å²) >= 11 is 0. The third-order valence-electron chi connectivity index (χ3n) is 2.08. The topological polar surface area (TPSA) is 46.5 Å². The number of aryl methyl sites for hydroxylation is 1. The van der Waals surface area contributed by atoms with Gasteiger partial charge in [-0.05, 0) is 49.8 Å². The standard InChI is InChI=1S/C12H18O3Si/c1-9-7-11(15-16(2,3)4)6-5-10(9)8-12(13)14/h5-7H,8H2,1-4H3,(H,13,14). The summed E-state index contributed by atoms with van der Waals surface area (Å²) in [6.45, 7) is 8.27. The highest BCUT2D eigenvalue weighted by Gasteiger charge is 2.16. The van der Waals surface area contributed by atoms with Gasteiger partial charge >= 0.3 is 5.97 Å². The predicted octanol–water partition coefficient (Wildman–Crippen LogP) is 2.84. The summed E-state index contributed by atoms with van der Waals surface area (Å²) < 4.78 is 5.83.